The van der Waals surface area contributed by atoms with Crippen LogP contribution in [0, 0.1) is 11.3 Å². The molecule has 0 aliphatic carbocycles. The summed E-state index contributed by atoms with van der Waals surface area (Å²) in [5.41, 5.74) is 19.8. The number of pyridine rings is 1. The lowest BCUT2D eigenvalue weighted by molar-refractivity contribution is -0.108. The van der Waals surface area contributed by atoms with E-state index in [0.29, 0.717) is 34.7 Å². The number of nitrogens with two attached hydrogens (primary N) is 3. The maximum atomic E-state index is 10.4. The van der Waals surface area contributed by atoms with Crippen molar-refractivity contribution in [1.29, 1.82) is 5.41 Å². The first-order valence-corrected chi connectivity index (χ1v) is 8.96. The molecule has 0 atom stereocenters. The second-order valence-electron chi connectivity index (χ2n) is 6.37. The molecule has 0 bridgehead atoms. The Morgan fingerprint density at radius 3 is 2.75 bits per heavy atom. The summed E-state index contributed by atoms with van der Waals surface area (Å²) in [6.45, 7) is 2.42. The third-order valence-corrected chi connectivity index (χ3v) is 4.39. The summed E-state index contributed by atoms with van der Waals surface area (Å²) < 4.78 is 5.36. The molecule has 9 nitrogen and oxygen atoms in total. The maximum Gasteiger partial charge on any atom is 0.212 e. The summed E-state index contributed by atoms with van der Waals surface area (Å²) in [7, 11) is 0. The number of aromatic nitrogens is 1. The summed E-state index contributed by atoms with van der Waals surface area (Å²) in [6.07, 6.45) is 10.2. The Balaban J connectivity index is 2.15. The number of rotatable bonds is 9. The predicted octanol–water partition coefficient (Wildman–Crippen LogP) is 0.516. The van der Waals surface area contributed by atoms with Gasteiger partial charge in [0, 0.05) is 60.8 Å². The van der Waals surface area contributed by atoms with Crippen molar-refractivity contribution < 1.29 is 9.53 Å². The maximum absolute atomic E-state index is 10.4. The van der Waals surface area contributed by atoms with Crippen LogP contribution in [0.2, 0.25) is 0 Å². The summed E-state index contributed by atoms with van der Waals surface area (Å²) >= 11 is 0. The highest BCUT2D eigenvalue weighted by atomic mass is 16.5. The van der Waals surface area contributed by atoms with Crippen LogP contribution in [0.15, 0.2) is 36.4 Å². The largest absolute Gasteiger partial charge is 0.398 e. The Bertz CT molecular complexity index is 780. The van der Waals surface area contributed by atoms with Crippen molar-refractivity contribution in [3.8, 4) is 0 Å². The fourth-order valence-electron chi connectivity index (χ4n) is 2.74. The van der Waals surface area contributed by atoms with Crippen molar-refractivity contribution in [2.45, 2.75) is 12.8 Å². The van der Waals surface area contributed by atoms with Gasteiger partial charge in [-0.3, -0.25) is 4.79 Å². The van der Waals surface area contributed by atoms with Crippen LogP contribution in [0.25, 0.3) is 11.3 Å². The zero-order valence-electron chi connectivity index (χ0n) is 15.7. The second kappa shape index (κ2) is 10.7. The van der Waals surface area contributed by atoms with E-state index >= 15 is 0 Å². The quantitative estimate of drug-likeness (QED) is 0.205. The fraction of sp³-hybridized carbons (Fsp3) is 0.316. The molecule has 1 aromatic heterocycles. The van der Waals surface area contributed by atoms with Gasteiger partial charge in [-0.1, -0.05) is 0 Å². The molecule has 0 saturated carbocycles. The van der Waals surface area contributed by atoms with E-state index in [0.717, 1.165) is 32.6 Å². The molecule has 150 valence electrons. The lowest BCUT2D eigenvalue weighted by Gasteiger charge is -2.21. The lowest BCUT2D eigenvalue weighted by atomic mass is 10.0. The summed E-state index contributed by atoms with van der Waals surface area (Å²) in [4.78, 5) is 14.5. The molecule has 1 aliphatic heterocycles. The van der Waals surface area contributed by atoms with Crippen LogP contribution in [0.4, 0.5) is 5.82 Å². The van der Waals surface area contributed by atoms with Gasteiger partial charge in [0.25, 0.3) is 0 Å². The van der Waals surface area contributed by atoms with Gasteiger partial charge < -0.3 is 38.0 Å². The molecule has 0 radical (unpaired) electrons. The molecule has 1 aliphatic rings. The molecule has 1 aromatic rings. The molecule has 1 saturated heterocycles. The van der Waals surface area contributed by atoms with Gasteiger partial charge in [0.05, 0.1) is 0 Å². The Labute approximate surface area is 164 Å². The minimum absolute atomic E-state index is 0.151. The lowest BCUT2D eigenvalue weighted by Crippen LogP contribution is -2.25. The Kier molecular flexibility index (Phi) is 8.04. The second-order valence-corrected chi connectivity index (χ2v) is 6.37. The molecule has 1 amide bonds. The van der Waals surface area contributed by atoms with Crippen molar-refractivity contribution in [1.82, 2.24) is 15.6 Å². The average Bonchev–Trinajstić information content (AvgIpc) is 2.71. The van der Waals surface area contributed by atoms with E-state index in [9.17, 15) is 4.79 Å². The van der Waals surface area contributed by atoms with Crippen LogP contribution in [-0.4, -0.2) is 37.4 Å². The topological polar surface area (TPSA) is 165 Å². The minimum atomic E-state index is 0.151. The van der Waals surface area contributed by atoms with Crippen molar-refractivity contribution in [2.24, 2.45) is 17.4 Å². The number of carbonyl (C=O) groups excluding carboxylic acids is 1. The van der Waals surface area contributed by atoms with Gasteiger partial charge >= 0.3 is 0 Å². The van der Waals surface area contributed by atoms with E-state index in [1.165, 1.54) is 18.4 Å². The summed E-state index contributed by atoms with van der Waals surface area (Å²) in [6, 6.07) is 1.76. The van der Waals surface area contributed by atoms with E-state index in [-0.39, 0.29) is 11.6 Å². The van der Waals surface area contributed by atoms with E-state index < -0.39 is 0 Å². The number of allylic oxidation sites excluding steroid dienone is 3. The number of nitrogens with zero attached hydrogens (tertiary/aromatic N) is 1. The minimum Gasteiger partial charge on any atom is -0.398 e. The van der Waals surface area contributed by atoms with E-state index in [1.807, 2.05) is 0 Å². The van der Waals surface area contributed by atoms with Gasteiger partial charge in [0.1, 0.15) is 11.6 Å². The van der Waals surface area contributed by atoms with Gasteiger partial charge in [0.15, 0.2) is 0 Å². The van der Waals surface area contributed by atoms with Gasteiger partial charge in [0.2, 0.25) is 6.41 Å². The zero-order valence-corrected chi connectivity index (χ0v) is 15.7. The van der Waals surface area contributed by atoms with Crippen molar-refractivity contribution >= 4 is 29.7 Å². The molecule has 0 unspecified atom stereocenters. The summed E-state index contributed by atoms with van der Waals surface area (Å²) in [5, 5.41) is 13.3. The molecule has 2 rings (SSSR count). The van der Waals surface area contributed by atoms with Crippen LogP contribution in [-0.2, 0) is 9.53 Å². The SMILES string of the molecule is N=C/C(=C\NCC1CCOCC1)c1cnc(N)c(/C(N)=C/C=C(\N)NC=O)c1. The number of carbonyl (C=O) groups is 1. The molecular formula is C19H27N7O2. The smallest absolute Gasteiger partial charge is 0.212 e. The van der Waals surface area contributed by atoms with Gasteiger partial charge in [-0.15, -0.1) is 0 Å². The van der Waals surface area contributed by atoms with Crippen LogP contribution in [0.5, 0.6) is 0 Å². The Hall–Kier alpha value is -3.33. The van der Waals surface area contributed by atoms with Gasteiger partial charge in [-0.2, -0.15) is 0 Å². The highest BCUT2D eigenvalue weighted by Crippen LogP contribution is 2.21. The summed E-state index contributed by atoms with van der Waals surface area (Å²) in [5.74, 6) is 0.971. The molecule has 9 heteroatoms. The van der Waals surface area contributed by atoms with Crippen LogP contribution in [0.1, 0.15) is 24.0 Å². The van der Waals surface area contributed by atoms with E-state index in [2.05, 4.69) is 15.6 Å². The van der Waals surface area contributed by atoms with Crippen LogP contribution >= 0.6 is 0 Å². The first-order valence-electron chi connectivity index (χ1n) is 8.96. The van der Waals surface area contributed by atoms with E-state index in [4.69, 9.17) is 27.3 Å². The normalized spacial score (nSPS) is 16.5. The molecule has 1 fully saturated rings. The number of ether oxygens (including phenoxy) is 1. The van der Waals surface area contributed by atoms with Crippen molar-refractivity contribution in [2.75, 3.05) is 25.5 Å². The van der Waals surface area contributed by atoms with Crippen LogP contribution in [0.3, 0.4) is 0 Å². The number of nitrogen functional groups attached to an aromatic ring is 1. The van der Waals surface area contributed by atoms with Crippen molar-refractivity contribution in [3.63, 3.8) is 0 Å². The van der Waals surface area contributed by atoms with Crippen molar-refractivity contribution in [3.05, 3.63) is 47.6 Å². The number of nitrogens with one attached hydrogen (secondary N) is 3. The number of amides is 1. The first-order chi connectivity index (χ1) is 13.5. The fourth-order valence-corrected chi connectivity index (χ4v) is 2.74. The molecule has 28 heavy (non-hydrogen) atoms. The van der Waals surface area contributed by atoms with Gasteiger partial charge in [-0.05, 0) is 37.0 Å². The standard InChI is InChI=1S/C19H27N7O2/c20-8-15(10-24-9-13-3-5-28-6-4-13)14-7-16(19(23)25-11-14)17(21)1-2-18(22)26-12-27/h1-2,7-8,10-13,20,24H,3-6,9,21-22H2,(H2,23,25)(H,26,27)/b15-10+,17-1-,18-2+,20-8?. The zero-order chi connectivity index (χ0) is 20.4. The molecule has 2 heterocycles. The third kappa shape index (κ3) is 6.13. The van der Waals surface area contributed by atoms with Gasteiger partial charge in [-0.25, -0.2) is 4.98 Å². The monoisotopic (exact) mass is 385 g/mol. The highest BCUT2D eigenvalue weighted by molar-refractivity contribution is 6.08. The molecule has 0 aromatic carbocycles. The average molecular weight is 385 g/mol. The number of hydrogen-bond donors (Lipinski definition) is 6. The molecule has 0 spiro atoms. The van der Waals surface area contributed by atoms with Crippen LogP contribution < -0.4 is 27.8 Å². The highest BCUT2D eigenvalue weighted by Gasteiger charge is 2.13. The molecule has 9 N–H and O–H groups in total. The van der Waals surface area contributed by atoms with E-state index in [1.54, 1.807) is 18.5 Å². The third-order valence-electron chi connectivity index (χ3n) is 4.39. The molecular weight excluding hydrogens is 358 g/mol. The number of anilines is 1. The first kappa shape index (κ1) is 21.0. The Morgan fingerprint density at radius 2 is 2.07 bits per heavy atom. The Morgan fingerprint density at radius 1 is 1.32 bits per heavy atom. The number of hydrogen-bond acceptors (Lipinski definition) is 8. The predicted molar refractivity (Wildman–Crippen MR) is 111 cm³/mol.